The van der Waals surface area contributed by atoms with Gasteiger partial charge < -0.3 is 10.2 Å². The molecular formula is C17H32N4. The molecule has 1 aromatic rings. The summed E-state index contributed by atoms with van der Waals surface area (Å²) in [4.78, 5) is 2.55. The lowest BCUT2D eigenvalue weighted by molar-refractivity contribution is 0.375. The van der Waals surface area contributed by atoms with Gasteiger partial charge >= 0.3 is 0 Å². The molecule has 0 aromatic carbocycles. The van der Waals surface area contributed by atoms with Crippen LogP contribution in [0.5, 0.6) is 0 Å². The van der Waals surface area contributed by atoms with Crippen LogP contribution in [-0.2, 0) is 13.6 Å². The van der Waals surface area contributed by atoms with Gasteiger partial charge in [0.05, 0.1) is 5.69 Å². The minimum absolute atomic E-state index is 0.507. The molecule has 120 valence electrons. The predicted molar refractivity (Wildman–Crippen MR) is 89.8 cm³/mol. The maximum Gasteiger partial charge on any atom is 0.131 e. The Bertz CT molecular complexity index is 442. The molecule has 1 aromatic heterocycles. The lowest BCUT2D eigenvalue weighted by Crippen LogP contribution is -2.36. The van der Waals surface area contributed by atoms with Crippen molar-refractivity contribution < 1.29 is 0 Å². The SMILES string of the molecule is CCCC1CCN(c2c(CNC(C)C)c(C)nn2C)CC1. The van der Waals surface area contributed by atoms with Crippen LogP contribution in [0.1, 0.15) is 57.7 Å². The third kappa shape index (κ3) is 4.00. The molecule has 0 atom stereocenters. The minimum atomic E-state index is 0.507. The lowest BCUT2D eigenvalue weighted by Gasteiger charge is -2.34. The number of anilines is 1. The summed E-state index contributed by atoms with van der Waals surface area (Å²) in [5.74, 6) is 2.26. The average Bonchev–Trinajstić information content (AvgIpc) is 2.72. The molecule has 0 saturated carbocycles. The monoisotopic (exact) mass is 292 g/mol. The summed E-state index contributed by atoms with van der Waals surface area (Å²) in [6, 6.07) is 0.507. The van der Waals surface area contributed by atoms with E-state index >= 15 is 0 Å². The fraction of sp³-hybridized carbons (Fsp3) is 0.824. The summed E-state index contributed by atoms with van der Waals surface area (Å²) in [7, 11) is 2.08. The van der Waals surface area contributed by atoms with E-state index in [1.54, 1.807) is 0 Å². The first-order valence-corrected chi connectivity index (χ1v) is 8.53. The van der Waals surface area contributed by atoms with E-state index in [2.05, 4.69) is 54.7 Å². The van der Waals surface area contributed by atoms with Gasteiger partial charge in [-0.25, -0.2) is 0 Å². The van der Waals surface area contributed by atoms with Gasteiger partial charge in [-0.3, -0.25) is 4.68 Å². The number of rotatable bonds is 6. The number of nitrogens with one attached hydrogen (secondary N) is 1. The molecule has 0 amide bonds. The van der Waals surface area contributed by atoms with Crippen molar-refractivity contribution >= 4 is 5.82 Å². The third-order valence-corrected chi connectivity index (χ3v) is 4.61. The fourth-order valence-electron chi connectivity index (χ4n) is 3.44. The molecule has 1 saturated heterocycles. The van der Waals surface area contributed by atoms with Crippen molar-refractivity contribution in [2.75, 3.05) is 18.0 Å². The molecule has 0 unspecified atom stereocenters. The van der Waals surface area contributed by atoms with Gasteiger partial charge in [0.1, 0.15) is 5.82 Å². The Kier molecular flexibility index (Phi) is 5.68. The highest BCUT2D eigenvalue weighted by Crippen LogP contribution is 2.29. The van der Waals surface area contributed by atoms with Crippen molar-refractivity contribution in [1.82, 2.24) is 15.1 Å². The standard InChI is InChI=1S/C17H32N4/c1-6-7-15-8-10-21(11-9-15)17-16(12-18-13(2)3)14(4)19-20(17)5/h13,15,18H,6-12H2,1-5H3. The Morgan fingerprint density at radius 1 is 1.29 bits per heavy atom. The van der Waals surface area contributed by atoms with Gasteiger partial charge in [-0.05, 0) is 25.7 Å². The van der Waals surface area contributed by atoms with E-state index in [9.17, 15) is 0 Å². The number of nitrogens with zero attached hydrogens (tertiary/aromatic N) is 3. The summed E-state index contributed by atoms with van der Waals surface area (Å²) in [6.07, 6.45) is 5.36. The predicted octanol–water partition coefficient (Wildman–Crippen LogP) is 3.24. The highest BCUT2D eigenvalue weighted by molar-refractivity contribution is 5.50. The largest absolute Gasteiger partial charge is 0.357 e. The molecule has 0 aliphatic carbocycles. The van der Waals surface area contributed by atoms with Gasteiger partial charge in [0, 0.05) is 38.3 Å². The van der Waals surface area contributed by atoms with Crippen molar-refractivity contribution in [1.29, 1.82) is 0 Å². The molecular weight excluding hydrogens is 260 g/mol. The molecule has 1 aliphatic heterocycles. The first-order valence-electron chi connectivity index (χ1n) is 8.53. The highest BCUT2D eigenvalue weighted by Gasteiger charge is 2.24. The topological polar surface area (TPSA) is 33.1 Å². The Hall–Kier alpha value is -1.03. The second-order valence-corrected chi connectivity index (χ2v) is 6.77. The van der Waals surface area contributed by atoms with Crippen molar-refractivity contribution in [2.24, 2.45) is 13.0 Å². The van der Waals surface area contributed by atoms with Crippen LogP contribution in [0.4, 0.5) is 5.82 Å². The van der Waals surface area contributed by atoms with Gasteiger partial charge in [-0.15, -0.1) is 0 Å². The fourth-order valence-corrected chi connectivity index (χ4v) is 3.44. The van der Waals surface area contributed by atoms with Crippen molar-refractivity contribution in [3.63, 3.8) is 0 Å². The average molecular weight is 292 g/mol. The quantitative estimate of drug-likeness (QED) is 0.874. The maximum absolute atomic E-state index is 4.65. The van der Waals surface area contributed by atoms with E-state index in [0.29, 0.717) is 6.04 Å². The van der Waals surface area contributed by atoms with E-state index in [4.69, 9.17) is 0 Å². The van der Waals surface area contributed by atoms with E-state index in [0.717, 1.165) is 18.2 Å². The molecule has 2 rings (SSSR count). The van der Waals surface area contributed by atoms with Crippen LogP contribution in [0, 0.1) is 12.8 Å². The molecule has 1 fully saturated rings. The normalized spacial score (nSPS) is 17.0. The van der Waals surface area contributed by atoms with E-state index in [-0.39, 0.29) is 0 Å². The number of piperidine rings is 1. The third-order valence-electron chi connectivity index (χ3n) is 4.61. The van der Waals surface area contributed by atoms with E-state index in [1.807, 2.05) is 0 Å². The first-order chi connectivity index (χ1) is 10.0. The van der Waals surface area contributed by atoms with Gasteiger partial charge in [0.15, 0.2) is 0 Å². The zero-order valence-corrected chi connectivity index (χ0v) is 14.4. The molecule has 0 bridgehead atoms. The van der Waals surface area contributed by atoms with E-state index in [1.165, 1.54) is 50.2 Å². The molecule has 21 heavy (non-hydrogen) atoms. The van der Waals surface area contributed by atoms with Gasteiger partial charge in [-0.2, -0.15) is 5.10 Å². The zero-order chi connectivity index (χ0) is 15.4. The van der Waals surface area contributed by atoms with Gasteiger partial charge in [-0.1, -0.05) is 33.6 Å². The number of aryl methyl sites for hydroxylation is 2. The van der Waals surface area contributed by atoms with Crippen molar-refractivity contribution in [3.05, 3.63) is 11.3 Å². The molecule has 1 N–H and O–H groups in total. The summed E-state index contributed by atoms with van der Waals surface area (Å²) in [5, 5.41) is 8.20. The van der Waals surface area contributed by atoms with Crippen LogP contribution in [0.2, 0.25) is 0 Å². The lowest BCUT2D eigenvalue weighted by atomic mass is 9.92. The summed E-state index contributed by atoms with van der Waals surface area (Å²) in [6.45, 7) is 12.1. The van der Waals surface area contributed by atoms with Crippen LogP contribution in [0.25, 0.3) is 0 Å². The Balaban J connectivity index is 2.09. The summed E-state index contributed by atoms with van der Waals surface area (Å²) >= 11 is 0. The molecule has 2 heterocycles. The minimum Gasteiger partial charge on any atom is -0.357 e. The number of hydrogen-bond acceptors (Lipinski definition) is 3. The zero-order valence-electron chi connectivity index (χ0n) is 14.4. The smallest absolute Gasteiger partial charge is 0.131 e. The second kappa shape index (κ2) is 7.30. The molecule has 0 radical (unpaired) electrons. The van der Waals surface area contributed by atoms with Gasteiger partial charge in [0.25, 0.3) is 0 Å². The highest BCUT2D eigenvalue weighted by atomic mass is 15.4. The van der Waals surface area contributed by atoms with Crippen LogP contribution in [0.15, 0.2) is 0 Å². The van der Waals surface area contributed by atoms with Gasteiger partial charge in [0.2, 0.25) is 0 Å². The number of hydrogen-bond donors (Lipinski definition) is 1. The Morgan fingerprint density at radius 3 is 2.52 bits per heavy atom. The molecule has 0 spiro atoms. The second-order valence-electron chi connectivity index (χ2n) is 6.77. The Labute approximate surface area is 129 Å². The van der Waals surface area contributed by atoms with Crippen LogP contribution < -0.4 is 10.2 Å². The van der Waals surface area contributed by atoms with Crippen LogP contribution in [-0.4, -0.2) is 28.9 Å². The van der Waals surface area contributed by atoms with Crippen LogP contribution >= 0.6 is 0 Å². The summed E-state index contributed by atoms with van der Waals surface area (Å²) < 4.78 is 2.08. The Morgan fingerprint density at radius 2 is 1.95 bits per heavy atom. The van der Waals surface area contributed by atoms with Crippen molar-refractivity contribution in [2.45, 2.75) is 66.0 Å². The van der Waals surface area contributed by atoms with E-state index < -0.39 is 0 Å². The molecule has 4 nitrogen and oxygen atoms in total. The maximum atomic E-state index is 4.65. The van der Waals surface area contributed by atoms with Crippen molar-refractivity contribution in [3.8, 4) is 0 Å². The summed E-state index contributed by atoms with van der Waals surface area (Å²) in [5.41, 5.74) is 2.54. The van der Waals surface area contributed by atoms with Crippen LogP contribution in [0.3, 0.4) is 0 Å². The number of aromatic nitrogens is 2. The first kappa shape index (κ1) is 16.3. The molecule has 4 heteroatoms. The molecule has 1 aliphatic rings.